The first kappa shape index (κ1) is 11.3. The topological polar surface area (TPSA) is 54.0 Å². The number of thiazole rings is 1. The van der Waals surface area contributed by atoms with Crippen molar-refractivity contribution in [3.05, 3.63) is 59.9 Å². The molecule has 86 valence electrons. The second-order valence-corrected chi connectivity index (χ2v) is 4.16. The number of carbonyl (C=O) groups excluding carboxylic acids is 1. The first-order valence-corrected chi connectivity index (χ1v) is 5.85. The summed E-state index contributed by atoms with van der Waals surface area (Å²) in [6.07, 6.45) is 1.68. The predicted molar refractivity (Wildman–Crippen MR) is 68.8 cm³/mol. The SMILES string of the molecule is C=C(NC(=O)c1ccccc1)Nc1nccs1. The first-order chi connectivity index (χ1) is 8.25. The quantitative estimate of drug-likeness (QED) is 0.870. The highest BCUT2D eigenvalue weighted by Crippen LogP contribution is 2.11. The van der Waals surface area contributed by atoms with Crippen LogP contribution in [0.3, 0.4) is 0 Å². The van der Waals surface area contributed by atoms with Gasteiger partial charge in [-0.3, -0.25) is 4.79 Å². The van der Waals surface area contributed by atoms with Crippen LogP contribution in [0.2, 0.25) is 0 Å². The van der Waals surface area contributed by atoms with Crippen LogP contribution in [-0.2, 0) is 0 Å². The highest BCUT2D eigenvalue weighted by atomic mass is 32.1. The molecule has 0 bridgehead atoms. The number of rotatable bonds is 4. The number of nitrogens with one attached hydrogen (secondary N) is 2. The van der Waals surface area contributed by atoms with E-state index in [0.29, 0.717) is 16.5 Å². The molecule has 2 rings (SSSR count). The average Bonchev–Trinajstić information content (AvgIpc) is 2.82. The smallest absolute Gasteiger partial charge is 0.256 e. The summed E-state index contributed by atoms with van der Waals surface area (Å²) < 4.78 is 0. The van der Waals surface area contributed by atoms with Gasteiger partial charge in [-0.1, -0.05) is 24.8 Å². The van der Waals surface area contributed by atoms with Crippen LogP contribution < -0.4 is 10.6 Å². The lowest BCUT2D eigenvalue weighted by molar-refractivity contribution is 0.0966. The van der Waals surface area contributed by atoms with Crippen molar-refractivity contribution in [2.75, 3.05) is 5.32 Å². The fourth-order valence-electron chi connectivity index (χ4n) is 1.24. The van der Waals surface area contributed by atoms with Crippen molar-refractivity contribution in [1.29, 1.82) is 0 Å². The Morgan fingerprint density at radius 2 is 2.06 bits per heavy atom. The molecular formula is C12H11N3OS. The molecule has 0 radical (unpaired) electrons. The van der Waals surface area contributed by atoms with E-state index in [1.165, 1.54) is 11.3 Å². The van der Waals surface area contributed by atoms with Crippen LogP contribution in [0.25, 0.3) is 0 Å². The Morgan fingerprint density at radius 1 is 1.29 bits per heavy atom. The number of amides is 1. The Bertz CT molecular complexity index is 508. The van der Waals surface area contributed by atoms with E-state index >= 15 is 0 Å². The number of carbonyl (C=O) groups is 1. The van der Waals surface area contributed by atoms with Crippen molar-refractivity contribution in [2.45, 2.75) is 0 Å². The maximum Gasteiger partial charge on any atom is 0.256 e. The van der Waals surface area contributed by atoms with Gasteiger partial charge in [0.25, 0.3) is 5.91 Å². The Hall–Kier alpha value is -2.14. The van der Waals surface area contributed by atoms with Crippen molar-refractivity contribution in [2.24, 2.45) is 0 Å². The number of anilines is 1. The molecule has 1 heterocycles. The van der Waals surface area contributed by atoms with Gasteiger partial charge in [0.05, 0.1) is 0 Å². The zero-order chi connectivity index (χ0) is 12.1. The fraction of sp³-hybridized carbons (Fsp3) is 0. The third kappa shape index (κ3) is 3.15. The molecule has 0 aliphatic heterocycles. The standard InChI is InChI=1S/C12H11N3OS/c1-9(15-12-13-7-8-17-12)14-11(16)10-5-3-2-4-6-10/h2-8H,1H2,(H,13,15)(H,14,16). The van der Waals surface area contributed by atoms with Crippen LogP contribution in [0.5, 0.6) is 0 Å². The van der Waals surface area contributed by atoms with Crippen molar-refractivity contribution < 1.29 is 4.79 Å². The van der Waals surface area contributed by atoms with Gasteiger partial charge in [0.2, 0.25) is 0 Å². The van der Waals surface area contributed by atoms with E-state index in [1.807, 2.05) is 23.6 Å². The molecule has 0 fully saturated rings. The zero-order valence-corrected chi connectivity index (χ0v) is 9.83. The van der Waals surface area contributed by atoms with Gasteiger partial charge in [0.1, 0.15) is 5.82 Å². The van der Waals surface area contributed by atoms with Gasteiger partial charge < -0.3 is 10.6 Å². The van der Waals surface area contributed by atoms with Gasteiger partial charge in [-0.05, 0) is 12.1 Å². The summed E-state index contributed by atoms with van der Waals surface area (Å²) in [7, 11) is 0. The fourth-order valence-corrected chi connectivity index (χ4v) is 1.80. The second kappa shape index (κ2) is 5.27. The van der Waals surface area contributed by atoms with Crippen molar-refractivity contribution in [3.8, 4) is 0 Å². The summed E-state index contributed by atoms with van der Waals surface area (Å²) in [5, 5.41) is 8.10. The molecule has 1 aromatic carbocycles. The molecule has 2 N–H and O–H groups in total. The van der Waals surface area contributed by atoms with Crippen molar-refractivity contribution >= 4 is 22.4 Å². The third-order valence-corrected chi connectivity index (χ3v) is 2.68. The second-order valence-electron chi connectivity index (χ2n) is 3.26. The average molecular weight is 245 g/mol. The van der Waals surface area contributed by atoms with Gasteiger partial charge in [-0.25, -0.2) is 4.98 Å². The molecule has 0 saturated heterocycles. The van der Waals surface area contributed by atoms with E-state index in [2.05, 4.69) is 22.2 Å². The lowest BCUT2D eigenvalue weighted by Crippen LogP contribution is -2.26. The Labute approximate surface area is 103 Å². The summed E-state index contributed by atoms with van der Waals surface area (Å²) >= 11 is 1.44. The number of hydrogen-bond acceptors (Lipinski definition) is 4. The zero-order valence-electron chi connectivity index (χ0n) is 9.01. The van der Waals surface area contributed by atoms with Crippen LogP contribution >= 0.6 is 11.3 Å². The first-order valence-electron chi connectivity index (χ1n) is 4.97. The molecule has 0 aliphatic carbocycles. The summed E-state index contributed by atoms with van der Waals surface area (Å²) in [6, 6.07) is 8.97. The molecule has 0 aliphatic rings. The van der Waals surface area contributed by atoms with Gasteiger partial charge in [0, 0.05) is 17.1 Å². The van der Waals surface area contributed by atoms with Gasteiger partial charge in [-0.2, -0.15) is 0 Å². The minimum Gasteiger partial charge on any atom is -0.318 e. The highest BCUT2D eigenvalue weighted by Gasteiger charge is 2.06. The largest absolute Gasteiger partial charge is 0.318 e. The van der Waals surface area contributed by atoms with E-state index in [4.69, 9.17) is 0 Å². The Kier molecular flexibility index (Phi) is 3.52. The van der Waals surface area contributed by atoms with E-state index in [1.54, 1.807) is 18.3 Å². The van der Waals surface area contributed by atoms with Crippen LogP contribution in [0, 0.1) is 0 Å². The molecular weight excluding hydrogens is 234 g/mol. The van der Waals surface area contributed by atoms with E-state index in [0.717, 1.165) is 0 Å². The van der Waals surface area contributed by atoms with Crippen LogP contribution in [0.1, 0.15) is 10.4 Å². The van der Waals surface area contributed by atoms with Gasteiger partial charge in [0.15, 0.2) is 5.13 Å². The molecule has 17 heavy (non-hydrogen) atoms. The third-order valence-electron chi connectivity index (χ3n) is 1.99. The molecule has 4 nitrogen and oxygen atoms in total. The minimum atomic E-state index is -0.195. The lowest BCUT2D eigenvalue weighted by Gasteiger charge is -2.08. The van der Waals surface area contributed by atoms with Crippen LogP contribution in [0.4, 0.5) is 5.13 Å². The van der Waals surface area contributed by atoms with Crippen molar-refractivity contribution in [1.82, 2.24) is 10.3 Å². The maximum absolute atomic E-state index is 11.8. The van der Waals surface area contributed by atoms with Crippen molar-refractivity contribution in [3.63, 3.8) is 0 Å². The number of benzene rings is 1. The number of aromatic nitrogens is 1. The molecule has 0 atom stereocenters. The molecule has 0 spiro atoms. The molecule has 1 amide bonds. The maximum atomic E-state index is 11.8. The van der Waals surface area contributed by atoms with Crippen LogP contribution in [-0.4, -0.2) is 10.9 Å². The molecule has 2 aromatic rings. The summed E-state index contributed by atoms with van der Waals surface area (Å²) in [5.41, 5.74) is 0.592. The van der Waals surface area contributed by atoms with E-state index in [9.17, 15) is 4.79 Å². The Balaban J connectivity index is 1.93. The summed E-state index contributed by atoms with van der Waals surface area (Å²) in [4.78, 5) is 15.8. The van der Waals surface area contributed by atoms with Gasteiger partial charge in [-0.15, -0.1) is 11.3 Å². The lowest BCUT2D eigenvalue weighted by atomic mass is 10.2. The minimum absolute atomic E-state index is 0.195. The molecule has 0 unspecified atom stereocenters. The molecule has 5 heteroatoms. The number of nitrogens with zero attached hydrogens (tertiary/aromatic N) is 1. The van der Waals surface area contributed by atoms with E-state index in [-0.39, 0.29) is 5.91 Å². The highest BCUT2D eigenvalue weighted by molar-refractivity contribution is 7.13. The predicted octanol–water partition coefficient (Wildman–Crippen LogP) is 2.46. The van der Waals surface area contributed by atoms with E-state index < -0.39 is 0 Å². The summed E-state index contributed by atoms with van der Waals surface area (Å²) in [5.74, 6) is 0.216. The Morgan fingerprint density at radius 3 is 2.71 bits per heavy atom. The number of hydrogen-bond donors (Lipinski definition) is 2. The monoisotopic (exact) mass is 245 g/mol. The van der Waals surface area contributed by atoms with Crippen LogP contribution in [0.15, 0.2) is 54.3 Å². The normalized spacial score (nSPS) is 9.65. The summed E-state index contributed by atoms with van der Waals surface area (Å²) in [6.45, 7) is 3.72. The molecule has 0 saturated carbocycles. The molecule has 1 aromatic heterocycles. The van der Waals surface area contributed by atoms with Gasteiger partial charge >= 0.3 is 0 Å².